The van der Waals surface area contributed by atoms with Gasteiger partial charge >= 0.3 is 0 Å². The van der Waals surface area contributed by atoms with Crippen molar-refractivity contribution in [2.45, 2.75) is 6.92 Å². The van der Waals surface area contributed by atoms with Crippen LogP contribution < -0.4 is 9.47 Å². The third-order valence-corrected chi connectivity index (χ3v) is 3.83. The zero-order valence-corrected chi connectivity index (χ0v) is 13.5. The molecule has 122 valence electrons. The van der Waals surface area contributed by atoms with Crippen LogP contribution in [-0.2, 0) is 0 Å². The van der Waals surface area contributed by atoms with Crippen molar-refractivity contribution in [1.82, 2.24) is 15.0 Å². The maximum absolute atomic E-state index is 8.76. The summed E-state index contributed by atoms with van der Waals surface area (Å²) in [4.78, 5) is 12.4. The number of hydrogen-bond acceptors (Lipinski definition) is 5. The van der Waals surface area contributed by atoms with E-state index in [-0.39, 0.29) is 6.79 Å². The van der Waals surface area contributed by atoms with Crippen LogP contribution in [0.25, 0.3) is 28.7 Å². The van der Waals surface area contributed by atoms with Crippen molar-refractivity contribution in [2.24, 2.45) is 0 Å². The number of aromatic amines is 1. The number of fused-ring (bicyclic) bond motifs is 1. The van der Waals surface area contributed by atoms with Gasteiger partial charge in [0.1, 0.15) is 5.82 Å². The number of aryl methyl sites for hydroxylation is 1. The number of imidazole rings is 1. The van der Waals surface area contributed by atoms with Gasteiger partial charge in [-0.05, 0) is 43.3 Å². The quantitative estimate of drug-likeness (QED) is 0.740. The van der Waals surface area contributed by atoms with Gasteiger partial charge in [-0.25, -0.2) is 4.98 Å². The van der Waals surface area contributed by atoms with E-state index in [1.54, 1.807) is 6.08 Å². The molecule has 6 nitrogen and oxygen atoms in total. The third kappa shape index (κ3) is 2.83. The minimum absolute atomic E-state index is 0.224. The summed E-state index contributed by atoms with van der Waals surface area (Å²) in [5.74, 6) is 2.00. The van der Waals surface area contributed by atoms with Gasteiger partial charge in [0.05, 0.1) is 23.2 Å². The van der Waals surface area contributed by atoms with Crippen molar-refractivity contribution in [3.8, 4) is 40.2 Å². The fraction of sp³-hybridized carbons (Fsp3) is 0.105. The molecule has 0 saturated heterocycles. The Balaban J connectivity index is 1.87. The van der Waals surface area contributed by atoms with Crippen LogP contribution in [0.5, 0.6) is 11.5 Å². The molecule has 0 saturated carbocycles. The van der Waals surface area contributed by atoms with Gasteiger partial charge in [0, 0.05) is 17.3 Å². The topological polar surface area (TPSA) is 83.8 Å². The first kappa shape index (κ1) is 15.0. The Morgan fingerprint density at radius 2 is 2.04 bits per heavy atom. The monoisotopic (exact) mass is 330 g/mol. The number of nitrogens with one attached hydrogen (secondary N) is 1. The van der Waals surface area contributed by atoms with Crippen molar-refractivity contribution >= 4 is 6.08 Å². The highest BCUT2D eigenvalue weighted by Crippen LogP contribution is 2.38. The molecule has 3 aromatic rings. The van der Waals surface area contributed by atoms with E-state index in [1.165, 1.54) is 6.08 Å². The Bertz CT molecular complexity index is 1010. The molecule has 2 aromatic heterocycles. The first-order valence-electron chi connectivity index (χ1n) is 7.75. The van der Waals surface area contributed by atoms with Gasteiger partial charge in [0.15, 0.2) is 11.5 Å². The van der Waals surface area contributed by atoms with E-state index in [4.69, 9.17) is 14.7 Å². The highest BCUT2D eigenvalue weighted by atomic mass is 16.7. The minimum atomic E-state index is 0.224. The standard InChI is InChI=1S/C19H14N4O2/c1-12-4-2-5-14(21-12)19-18(22-17(23-19)6-3-9-20)13-7-8-15-16(10-13)25-11-24-15/h2-8,10H,11H2,1H3,(H,22,23)/b6-3+. The zero-order chi connectivity index (χ0) is 17.2. The third-order valence-electron chi connectivity index (χ3n) is 3.83. The van der Waals surface area contributed by atoms with E-state index in [2.05, 4.69) is 15.0 Å². The molecule has 0 radical (unpaired) electrons. The van der Waals surface area contributed by atoms with Gasteiger partial charge in [-0.2, -0.15) is 5.26 Å². The lowest BCUT2D eigenvalue weighted by molar-refractivity contribution is 0.174. The van der Waals surface area contributed by atoms with Gasteiger partial charge in [-0.15, -0.1) is 0 Å². The SMILES string of the molecule is Cc1cccc(-c2[nH]c(/C=C/C#N)nc2-c2ccc3c(c2)OCO3)n1. The molecule has 0 aliphatic carbocycles. The van der Waals surface area contributed by atoms with Crippen LogP contribution in [0.3, 0.4) is 0 Å². The maximum Gasteiger partial charge on any atom is 0.231 e. The zero-order valence-electron chi connectivity index (χ0n) is 13.5. The first-order valence-corrected chi connectivity index (χ1v) is 7.75. The second-order valence-electron chi connectivity index (χ2n) is 5.54. The Hall–Kier alpha value is -3.59. The molecule has 4 rings (SSSR count). The summed E-state index contributed by atoms with van der Waals surface area (Å²) in [6, 6.07) is 13.5. The van der Waals surface area contributed by atoms with Crippen LogP contribution in [0.2, 0.25) is 0 Å². The summed E-state index contributed by atoms with van der Waals surface area (Å²) >= 11 is 0. The van der Waals surface area contributed by atoms with Crippen LogP contribution in [0.15, 0.2) is 42.5 Å². The molecule has 0 bridgehead atoms. The number of benzene rings is 1. The van der Waals surface area contributed by atoms with Crippen LogP contribution in [-0.4, -0.2) is 21.7 Å². The van der Waals surface area contributed by atoms with E-state index >= 15 is 0 Å². The molecule has 0 amide bonds. The van der Waals surface area contributed by atoms with Crippen molar-refractivity contribution in [3.63, 3.8) is 0 Å². The number of nitriles is 1. The average molecular weight is 330 g/mol. The van der Waals surface area contributed by atoms with Crippen molar-refractivity contribution in [1.29, 1.82) is 5.26 Å². The molecular weight excluding hydrogens is 316 g/mol. The van der Waals surface area contributed by atoms with E-state index in [0.29, 0.717) is 11.6 Å². The average Bonchev–Trinajstić information content (AvgIpc) is 3.26. The van der Waals surface area contributed by atoms with E-state index in [0.717, 1.165) is 34.1 Å². The molecular formula is C19H14N4O2. The van der Waals surface area contributed by atoms with E-state index in [9.17, 15) is 0 Å². The minimum Gasteiger partial charge on any atom is -0.454 e. The highest BCUT2D eigenvalue weighted by Gasteiger charge is 2.19. The fourth-order valence-corrected chi connectivity index (χ4v) is 2.71. The van der Waals surface area contributed by atoms with Crippen molar-refractivity contribution in [2.75, 3.05) is 6.79 Å². The number of pyridine rings is 1. The smallest absolute Gasteiger partial charge is 0.231 e. The van der Waals surface area contributed by atoms with Crippen LogP contribution in [0.4, 0.5) is 0 Å². The highest BCUT2D eigenvalue weighted by molar-refractivity contribution is 5.79. The number of hydrogen-bond donors (Lipinski definition) is 1. The molecule has 1 aliphatic heterocycles. The lowest BCUT2D eigenvalue weighted by atomic mass is 10.1. The van der Waals surface area contributed by atoms with E-state index < -0.39 is 0 Å². The number of rotatable bonds is 3. The molecule has 0 fully saturated rings. The number of H-pyrrole nitrogens is 1. The second kappa shape index (κ2) is 6.13. The number of ether oxygens (including phenoxy) is 2. The molecule has 0 atom stereocenters. The molecule has 6 heteroatoms. The molecule has 1 N–H and O–H groups in total. The number of allylic oxidation sites excluding steroid dienone is 1. The molecule has 1 aromatic carbocycles. The van der Waals surface area contributed by atoms with Gasteiger partial charge in [-0.3, -0.25) is 4.98 Å². The second-order valence-corrected chi connectivity index (χ2v) is 5.54. The maximum atomic E-state index is 8.76. The Kier molecular flexibility index (Phi) is 3.67. The first-order chi connectivity index (χ1) is 12.2. The summed E-state index contributed by atoms with van der Waals surface area (Å²) in [5.41, 5.74) is 4.12. The van der Waals surface area contributed by atoms with E-state index in [1.807, 2.05) is 49.4 Å². The predicted molar refractivity (Wildman–Crippen MR) is 92.8 cm³/mol. The molecule has 1 aliphatic rings. The lowest BCUT2D eigenvalue weighted by Gasteiger charge is -2.04. The van der Waals surface area contributed by atoms with Crippen molar-refractivity contribution < 1.29 is 9.47 Å². The lowest BCUT2D eigenvalue weighted by Crippen LogP contribution is -1.92. The largest absolute Gasteiger partial charge is 0.454 e. The Labute approximate surface area is 144 Å². The molecule has 3 heterocycles. The summed E-state index contributed by atoms with van der Waals surface area (Å²) in [5, 5.41) is 8.76. The summed E-state index contributed by atoms with van der Waals surface area (Å²) < 4.78 is 10.8. The number of nitrogens with zero attached hydrogens (tertiary/aromatic N) is 3. The molecule has 25 heavy (non-hydrogen) atoms. The van der Waals surface area contributed by atoms with Gasteiger partial charge in [-0.1, -0.05) is 6.07 Å². The van der Waals surface area contributed by atoms with Crippen LogP contribution in [0.1, 0.15) is 11.5 Å². The van der Waals surface area contributed by atoms with Gasteiger partial charge < -0.3 is 14.5 Å². The molecule has 0 spiro atoms. The normalized spacial score (nSPS) is 12.5. The van der Waals surface area contributed by atoms with Gasteiger partial charge in [0.2, 0.25) is 6.79 Å². The predicted octanol–water partition coefficient (Wildman–Crippen LogP) is 3.71. The molecule has 0 unspecified atom stereocenters. The van der Waals surface area contributed by atoms with Crippen molar-refractivity contribution in [3.05, 3.63) is 54.0 Å². The van der Waals surface area contributed by atoms with Crippen LogP contribution >= 0.6 is 0 Å². The van der Waals surface area contributed by atoms with Crippen LogP contribution in [0, 0.1) is 18.3 Å². The Morgan fingerprint density at radius 1 is 1.16 bits per heavy atom. The summed E-state index contributed by atoms with van der Waals surface area (Å²) in [6.45, 7) is 2.17. The summed E-state index contributed by atoms with van der Waals surface area (Å²) in [6.07, 6.45) is 3.02. The fourth-order valence-electron chi connectivity index (χ4n) is 2.71. The summed E-state index contributed by atoms with van der Waals surface area (Å²) in [7, 11) is 0. The Morgan fingerprint density at radius 3 is 2.88 bits per heavy atom. The number of aromatic nitrogens is 3. The van der Waals surface area contributed by atoms with Gasteiger partial charge in [0.25, 0.3) is 0 Å².